The van der Waals surface area contributed by atoms with Crippen LogP contribution in [0.25, 0.3) is 0 Å². The SMILES string of the molecule is Cc1ccc(C(=O)N[C@H]2CCCC[C@@H]2O)cc1NCc1ccc(NC(=O)C2CCOCC2)nc1. The van der Waals surface area contributed by atoms with Gasteiger partial charge in [0.1, 0.15) is 5.82 Å². The number of amides is 2. The third-order valence-corrected chi connectivity index (χ3v) is 6.70. The number of benzene rings is 1. The molecule has 2 aromatic rings. The first-order chi connectivity index (χ1) is 16.5. The van der Waals surface area contributed by atoms with E-state index in [2.05, 4.69) is 20.9 Å². The molecule has 4 rings (SSSR count). The molecule has 1 aliphatic heterocycles. The van der Waals surface area contributed by atoms with E-state index in [-0.39, 0.29) is 23.8 Å². The van der Waals surface area contributed by atoms with Gasteiger partial charge in [0.05, 0.1) is 12.1 Å². The summed E-state index contributed by atoms with van der Waals surface area (Å²) in [6.07, 6.45) is 6.32. The molecule has 2 heterocycles. The summed E-state index contributed by atoms with van der Waals surface area (Å²) < 4.78 is 5.31. The Morgan fingerprint density at radius 1 is 1.09 bits per heavy atom. The van der Waals surface area contributed by atoms with Crippen LogP contribution in [0.4, 0.5) is 11.5 Å². The number of anilines is 2. The quantitative estimate of drug-likeness (QED) is 0.498. The highest BCUT2D eigenvalue weighted by atomic mass is 16.5. The number of hydrogen-bond acceptors (Lipinski definition) is 6. The van der Waals surface area contributed by atoms with E-state index < -0.39 is 6.10 Å². The second-order valence-corrected chi connectivity index (χ2v) is 9.24. The van der Waals surface area contributed by atoms with E-state index in [1.54, 1.807) is 12.3 Å². The molecule has 8 heteroatoms. The summed E-state index contributed by atoms with van der Waals surface area (Å²) in [6, 6.07) is 9.12. The molecule has 2 aliphatic rings. The maximum atomic E-state index is 12.7. The number of carbonyl (C=O) groups excluding carboxylic acids is 2. The molecule has 4 N–H and O–H groups in total. The highest BCUT2D eigenvalue weighted by Gasteiger charge is 2.25. The highest BCUT2D eigenvalue weighted by molar-refractivity contribution is 5.95. The second kappa shape index (κ2) is 11.4. The summed E-state index contributed by atoms with van der Waals surface area (Å²) in [7, 11) is 0. The molecular formula is C26H34N4O4. The van der Waals surface area contributed by atoms with Gasteiger partial charge in [-0.05, 0) is 61.9 Å². The number of ether oxygens (including phenoxy) is 1. The number of hydrogen-bond donors (Lipinski definition) is 4. The summed E-state index contributed by atoms with van der Waals surface area (Å²) in [6.45, 7) is 3.78. The summed E-state index contributed by atoms with van der Waals surface area (Å²) in [5.41, 5.74) is 3.43. The average molecular weight is 467 g/mol. The van der Waals surface area contributed by atoms with E-state index in [0.717, 1.165) is 55.3 Å². The van der Waals surface area contributed by atoms with Gasteiger partial charge in [0.25, 0.3) is 5.91 Å². The van der Waals surface area contributed by atoms with Crippen LogP contribution in [0.5, 0.6) is 0 Å². The number of aromatic nitrogens is 1. The molecule has 0 radical (unpaired) electrons. The van der Waals surface area contributed by atoms with Crippen molar-refractivity contribution in [3.8, 4) is 0 Å². The lowest BCUT2D eigenvalue weighted by molar-refractivity contribution is -0.122. The Hall–Kier alpha value is -2.97. The summed E-state index contributed by atoms with van der Waals surface area (Å²) in [5.74, 6) is 0.346. The van der Waals surface area contributed by atoms with E-state index in [1.807, 2.05) is 31.2 Å². The smallest absolute Gasteiger partial charge is 0.251 e. The zero-order chi connectivity index (χ0) is 23.9. The lowest BCUT2D eigenvalue weighted by Gasteiger charge is -2.28. The van der Waals surface area contributed by atoms with Crippen LogP contribution in [0.2, 0.25) is 0 Å². The van der Waals surface area contributed by atoms with E-state index in [9.17, 15) is 14.7 Å². The number of nitrogens with one attached hydrogen (secondary N) is 3. The number of aliphatic hydroxyl groups excluding tert-OH is 1. The zero-order valence-corrected chi connectivity index (χ0v) is 19.7. The number of aliphatic hydroxyl groups is 1. The van der Waals surface area contributed by atoms with Crippen molar-refractivity contribution < 1.29 is 19.4 Å². The Morgan fingerprint density at radius 3 is 2.62 bits per heavy atom. The maximum Gasteiger partial charge on any atom is 0.251 e. The van der Waals surface area contributed by atoms with Crippen LogP contribution in [0.15, 0.2) is 36.5 Å². The molecule has 1 aliphatic carbocycles. The molecule has 2 atom stereocenters. The maximum absolute atomic E-state index is 12.7. The first kappa shape index (κ1) is 24.2. The molecule has 0 bridgehead atoms. The van der Waals surface area contributed by atoms with Gasteiger partial charge in [-0.15, -0.1) is 0 Å². The van der Waals surface area contributed by atoms with Crippen LogP contribution in [0, 0.1) is 12.8 Å². The van der Waals surface area contributed by atoms with Crippen molar-refractivity contribution >= 4 is 23.3 Å². The minimum atomic E-state index is -0.474. The Balaban J connectivity index is 1.32. The molecule has 1 aromatic carbocycles. The van der Waals surface area contributed by atoms with Crippen LogP contribution in [-0.4, -0.2) is 47.3 Å². The van der Waals surface area contributed by atoms with E-state index in [1.165, 1.54) is 0 Å². The molecule has 0 unspecified atom stereocenters. The molecule has 1 saturated heterocycles. The van der Waals surface area contributed by atoms with Gasteiger partial charge in [0, 0.05) is 43.1 Å². The monoisotopic (exact) mass is 466 g/mol. The zero-order valence-electron chi connectivity index (χ0n) is 19.7. The largest absolute Gasteiger partial charge is 0.391 e. The lowest BCUT2D eigenvalue weighted by atomic mass is 9.92. The standard InChI is InChI=1S/C26H34N4O4/c1-17-6-8-20(26(33)29-21-4-2-3-5-23(21)31)14-22(17)27-15-18-7-9-24(28-16-18)30-25(32)19-10-12-34-13-11-19/h6-9,14,16,19,21,23,27,31H,2-5,10-13,15H2,1H3,(H,29,33)(H,28,30,32)/t21-,23-/m0/s1. The first-order valence-electron chi connectivity index (χ1n) is 12.2. The molecule has 1 aromatic heterocycles. The lowest BCUT2D eigenvalue weighted by Crippen LogP contribution is -2.45. The number of rotatable bonds is 7. The number of pyridine rings is 1. The predicted octanol–water partition coefficient (Wildman–Crippen LogP) is 3.40. The second-order valence-electron chi connectivity index (χ2n) is 9.24. The van der Waals surface area contributed by atoms with E-state index >= 15 is 0 Å². The Kier molecular flexibility index (Phi) is 8.13. The number of aryl methyl sites for hydroxylation is 1. The van der Waals surface area contributed by atoms with Gasteiger partial charge < -0.3 is 25.8 Å². The average Bonchev–Trinajstić information content (AvgIpc) is 2.86. The number of nitrogens with zero attached hydrogens (tertiary/aromatic N) is 1. The Labute approximate surface area is 200 Å². The molecular weight excluding hydrogens is 432 g/mol. The minimum absolute atomic E-state index is 0.00635. The van der Waals surface area contributed by atoms with Crippen LogP contribution in [0.3, 0.4) is 0 Å². The van der Waals surface area contributed by atoms with Crippen molar-refractivity contribution in [3.05, 3.63) is 53.2 Å². The van der Waals surface area contributed by atoms with Crippen LogP contribution >= 0.6 is 0 Å². The topological polar surface area (TPSA) is 113 Å². The third-order valence-electron chi connectivity index (χ3n) is 6.70. The van der Waals surface area contributed by atoms with Crippen LogP contribution in [-0.2, 0) is 16.1 Å². The van der Waals surface area contributed by atoms with Crippen LogP contribution in [0.1, 0.15) is 60.0 Å². The van der Waals surface area contributed by atoms with Crippen LogP contribution < -0.4 is 16.0 Å². The van der Waals surface area contributed by atoms with Gasteiger partial charge in [-0.2, -0.15) is 0 Å². The Morgan fingerprint density at radius 2 is 1.88 bits per heavy atom. The first-order valence-corrected chi connectivity index (χ1v) is 12.2. The van der Waals surface area contributed by atoms with Crippen molar-refractivity contribution in [1.82, 2.24) is 10.3 Å². The molecule has 0 spiro atoms. The van der Waals surface area contributed by atoms with E-state index in [0.29, 0.717) is 31.1 Å². The summed E-state index contributed by atoms with van der Waals surface area (Å²) >= 11 is 0. The minimum Gasteiger partial charge on any atom is -0.391 e. The molecule has 2 amide bonds. The fraction of sp³-hybridized carbons (Fsp3) is 0.500. The fourth-order valence-electron chi connectivity index (χ4n) is 4.47. The van der Waals surface area contributed by atoms with Gasteiger partial charge in [-0.1, -0.05) is 25.0 Å². The van der Waals surface area contributed by atoms with Crippen molar-refractivity contribution in [2.75, 3.05) is 23.8 Å². The number of carbonyl (C=O) groups is 2. The van der Waals surface area contributed by atoms with Crippen molar-refractivity contribution in [2.45, 2.75) is 64.1 Å². The molecule has 34 heavy (non-hydrogen) atoms. The third kappa shape index (κ3) is 6.33. The molecule has 2 fully saturated rings. The van der Waals surface area contributed by atoms with Crippen molar-refractivity contribution in [1.29, 1.82) is 0 Å². The molecule has 182 valence electrons. The van der Waals surface area contributed by atoms with Gasteiger partial charge in [0.2, 0.25) is 5.91 Å². The predicted molar refractivity (Wildman–Crippen MR) is 131 cm³/mol. The van der Waals surface area contributed by atoms with Crippen molar-refractivity contribution in [3.63, 3.8) is 0 Å². The molecule has 1 saturated carbocycles. The molecule has 8 nitrogen and oxygen atoms in total. The normalized spacial score (nSPS) is 21.0. The van der Waals surface area contributed by atoms with E-state index in [4.69, 9.17) is 4.74 Å². The van der Waals surface area contributed by atoms with Crippen molar-refractivity contribution in [2.24, 2.45) is 5.92 Å². The van der Waals surface area contributed by atoms with Gasteiger partial charge >= 0.3 is 0 Å². The summed E-state index contributed by atoms with van der Waals surface area (Å²) in [5, 5.41) is 19.4. The fourth-order valence-corrected chi connectivity index (χ4v) is 4.47. The highest BCUT2D eigenvalue weighted by Crippen LogP contribution is 2.22. The van der Waals surface area contributed by atoms with Gasteiger partial charge in [-0.25, -0.2) is 4.98 Å². The Bertz CT molecular complexity index is 989. The van der Waals surface area contributed by atoms with Gasteiger partial charge in [-0.3, -0.25) is 9.59 Å². The van der Waals surface area contributed by atoms with Gasteiger partial charge in [0.15, 0.2) is 0 Å². The summed E-state index contributed by atoms with van der Waals surface area (Å²) in [4.78, 5) is 29.5.